The summed E-state index contributed by atoms with van der Waals surface area (Å²) in [7, 11) is 0. The molecule has 1 unspecified atom stereocenters. The van der Waals surface area contributed by atoms with E-state index in [1.165, 1.54) is 11.3 Å². The quantitative estimate of drug-likeness (QED) is 0.823. The summed E-state index contributed by atoms with van der Waals surface area (Å²) in [6.07, 6.45) is -0.544. The lowest BCUT2D eigenvalue weighted by Gasteiger charge is -2.07. The van der Waals surface area contributed by atoms with Crippen LogP contribution in [0.4, 0.5) is 0 Å². The van der Waals surface area contributed by atoms with Gasteiger partial charge in [-0.05, 0) is 11.4 Å². The predicted molar refractivity (Wildman–Crippen MR) is 64.7 cm³/mol. The number of benzene rings is 1. The van der Waals surface area contributed by atoms with Crippen LogP contribution in [0.5, 0.6) is 0 Å². The summed E-state index contributed by atoms with van der Waals surface area (Å²) in [6, 6.07) is 12.8. The SMILES string of the molecule is O=C(CC(O)c1cccs1)c1ccccc1. The predicted octanol–water partition coefficient (Wildman–Crippen LogP) is 3.05. The van der Waals surface area contributed by atoms with Gasteiger partial charge in [0, 0.05) is 16.9 Å². The van der Waals surface area contributed by atoms with Gasteiger partial charge >= 0.3 is 0 Å². The third-order valence-electron chi connectivity index (χ3n) is 2.35. The number of carbonyl (C=O) groups excluding carboxylic acids is 1. The summed E-state index contributed by atoms with van der Waals surface area (Å²) < 4.78 is 0. The first-order valence-electron chi connectivity index (χ1n) is 5.07. The van der Waals surface area contributed by atoms with Gasteiger partial charge in [0.2, 0.25) is 0 Å². The van der Waals surface area contributed by atoms with E-state index in [1.54, 1.807) is 12.1 Å². The van der Waals surface area contributed by atoms with Crippen molar-refractivity contribution in [3.8, 4) is 0 Å². The minimum Gasteiger partial charge on any atom is -0.387 e. The molecule has 0 radical (unpaired) electrons. The van der Waals surface area contributed by atoms with Crippen LogP contribution in [0.15, 0.2) is 47.8 Å². The molecule has 2 aromatic rings. The number of hydrogen-bond acceptors (Lipinski definition) is 3. The molecule has 0 amide bonds. The number of ketones is 1. The summed E-state index contributed by atoms with van der Waals surface area (Å²) in [5.41, 5.74) is 0.651. The maximum Gasteiger partial charge on any atom is 0.165 e. The first-order valence-corrected chi connectivity index (χ1v) is 5.95. The van der Waals surface area contributed by atoms with E-state index < -0.39 is 6.10 Å². The van der Waals surface area contributed by atoms with E-state index in [0.29, 0.717) is 5.56 Å². The molecule has 1 aromatic carbocycles. The largest absolute Gasteiger partial charge is 0.387 e. The molecule has 82 valence electrons. The molecule has 3 heteroatoms. The van der Waals surface area contributed by atoms with Crippen LogP contribution in [-0.2, 0) is 0 Å². The van der Waals surface area contributed by atoms with Gasteiger partial charge in [0.1, 0.15) is 0 Å². The average Bonchev–Trinajstić information content (AvgIpc) is 2.83. The van der Waals surface area contributed by atoms with Gasteiger partial charge in [-0.1, -0.05) is 36.4 Å². The van der Waals surface area contributed by atoms with Crippen LogP contribution >= 0.6 is 11.3 Å². The molecule has 1 heterocycles. The van der Waals surface area contributed by atoms with E-state index in [1.807, 2.05) is 35.7 Å². The molecule has 0 bridgehead atoms. The number of aliphatic hydroxyl groups excluding tert-OH is 1. The van der Waals surface area contributed by atoms with Crippen molar-refractivity contribution in [2.45, 2.75) is 12.5 Å². The van der Waals surface area contributed by atoms with Crippen molar-refractivity contribution in [2.75, 3.05) is 0 Å². The Balaban J connectivity index is 2.03. The maximum absolute atomic E-state index is 11.8. The van der Waals surface area contributed by atoms with Gasteiger partial charge in [-0.25, -0.2) is 0 Å². The molecule has 0 saturated carbocycles. The highest BCUT2D eigenvalue weighted by atomic mass is 32.1. The fraction of sp³-hybridized carbons (Fsp3) is 0.154. The van der Waals surface area contributed by atoms with Crippen molar-refractivity contribution in [2.24, 2.45) is 0 Å². The van der Waals surface area contributed by atoms with Crippen LogP contribution in [0.25, 0.3) is 0 Å². The van der Waals surface area contributed by atoms with Gasteiger partial charge in [-0.2, -0.15) is 0 Å². The van der Waals surface area contributed by atoms with Gasteiger partial charge in [0.15, 0.2) is 5.78 Å². The molecule has 0 aliphatic carbocycles. The zero-order chi connectivity index (χ0) is 11.4. The van der Waals surface area contributed by atoms with Crippen molar-refractivity contribution in [3.05, 3.63) is 58.3 Å². The third-order valence-corrected chi connectivity index (χ3v) is 3.32. The molecule has 2 nitrogen and oxygen atoms in total. The molecule has 0 fully saturated rings. The van der Waals surface area contributed by atoms with Gasteiger partial charge in [-0.3, -0.25) is 4.79 Å². The van der Waals surface area contributed by atoms with E-state index in [-0.39, 0.29) is 12.2 Å². The minimum atomic E-state index is -0.687. The lowest BCUT2D eigenvalue weighted by Crippen LogP contribution is -2.05. The topological polar surface area (TPSA) is 37.3 Å². The molecule has 1 N–H and O–H groups in total. The van der Waals surface area contributed by atoms with Gasteiger partial charge in [0.25, 0.3) is 0 Å². The van der Waals surface area contributed by atoms with Gasteiger partial charge in [-0.15, -0.1) is 11.3 Å². The zero-order valence-electron chi connectivity index (χ0n) is 8.67. The number of hydrogen-bond donors (Lipinski definition) is 1. The smallest absolute Gasteiger partial charge is 0.165 e. The maximum atomic E-state index is 11.8. The van der Waals surface area contributed by atoms with Crippen molar-refractivity contribution in [1.29, 1.82) is 0 Å². The van der Waals surface area contributed by atoms with Crippen molar-refractivity contribution < 1.29 is 9.90 Å². The molecule has 0 aliphatic rings. The van der Waals surface area contributed by atoms with E-state index in [2.05, 4.69) is 0 Å². The van der Waals surface area contributed by atoms with E-state index in [9.17, 15) is 9.90 Å². The van der Waals surface area contributed by atoms with E-state index in [0.717, 1.165) is 4.88 Å². The number of aliphatic hydroxyl groups is 1. The van der Waals surface area contributed by atoms with Crippen molar-refractivity contribution >= 4 is 17.1 Å². The standard InChI is InChI=1S/C13H12O2S/c14-11(10-5-2-1-3-6-10)9-12(15)13-7-4-8-16-13/h1-8,12,15H,9H2. The Morgan fingerprint density at radius 1 is 1.19 bits per heavy atom. The molecule has 16 heavy (non-hydrogen) atoms. The average molecular weight is 232 g/mol. The monoisotopic (exact) mass is 232 g/mol. The number of Topliss-reactive ketones (excluding diaryl/α,β-unsaturated/α-hetero) is 1. The molecule has 0 aliphatic heterocycles. The lowest BCUT2D eigenvalue weighted by atomic mass is 10.0. The van der Waals surface area contributed by atoms with Crippen molar-refractivity contribution in [3.63, 3.8) is 0 Å². The Labute approximate surface area is 98.2 Å². The summed E-state index contributed by atoms with van der Waals surface area (Å²) >= 11 is 1.47. The Bertz CT molecular complexity index is 448. The summed E-state index contributed by atoms with van der Waals surface area (Å²) in [6.45, 7) is 0. The molecule has 1 atom stereocenters. The minimum absolute atomic E-state index is 0.0264. The van der Waals surface area contributed by atoms with E-state index >= 15 is 0 Å². The number of thiophene rings is 1. The summed E-state index contributed by atoms with van der Waals surface area (Å²) in [5.74, 6) is -0.0264. The number of carbonyl (C=O) groups is 1. The fourth-order valence-corrected chi connectivity index (χ4v) is 2.21. The first kappa shape index (κ1) is 11.0. The molecule has 2 rings (SSSR count). The van der Waals surface area contributed by atoms with Crippen LogP contribution in [-0.4, -0.2) is 10.9 Å². The fourth-order valence-electron chi connectivity index (χ4n) is 1.50. The second kappa shape index (κ2) is 5.05. The van der Waals surface area contributed by atoms with Gasteiger partial charge in [0.05, 0.1) is 6.10 Å². The Morgan fingerprint density at radius 3 is 2.56 bits per heavy atom. The number of rotatable bonds is 4. The Hall–Kier alpha value is -1.45. The second-order valence-electron chi connectivity index (χ2n) is 3.52. The summed E-state index contributed by atoms with van der Waals surface area (Å²) in [4.78, 5) is 12.6. The molecule has 0 saturated heterocycles. The lowest BCUT2D eigenvalue weighted by molar-refractivity contribution is 0.0884. The van der Waals surface area contributed by atoms with Crippen LogP contribution in [0, 0.1) is 0 Å². The summed E-state index contributed by atoms with van der Waals surface area (Å²) in [5, 5.41) is 11.7. The van der Waals surface area contributed by atoms with Crippen LogP contribution in [0.3, 0.4) is 0 Å². The molecular formula is C13H12O2S. The molecule has 0 spiro atoms. The van der Waals surface area contributed by atoms with Crippen LogP contribution in [0.1, 0.15) is 27.8 Å². The zero-order valence-corrected chi connectivity index (χ0v) is 9.48. The highest BCUT2D eigenvalue weighted by molar-refractivity contribution is 7.10. The van der Waals surface area contributed by atoms with Crippen LogP contribution in [0.2, 0.25) is 0 Å². The van der Waals surface area contributed by atoms with Gasteiger partial charge < -0.3 is 5.11 Å². The van der Waals surface area contributed by atoms with Crippen LogP contribution < -0.4 is 0 Å². The Morgan fingerprint density at radius 2 is 1.94 bits per heavy atom. The third kappa shape index (κ3) is 2.56. The second-order valence-corrected chi connectivity index (χ2v) is 4.50. The molecule has 1 aromatic heterocycles. The molecular weight excluding hydrogens is 220 g/mol. The normalized spacial score (nSPS) is 12.3. The first-order chi connectivity index (χ1) is 7.77. The highest BCUT2D eigenvalue weighted by Crippen LogP contribution is 2.23. The van der Waals surface area contributed by atoms with E-state index in [4.69, 9.17) is 0 Å². The van der Waals surface area contributed by atoms with Crippen molar-refractivity contribution in [1.82, 2.24) is 0 Å². The highest BCUT2D eigenvalue weighted by Gasteiger charge is 2.14. The Kier molecular flexibility index (Phi) is 3.49.